The van der Waals surface area contributed by atoms with Crippen LogP contribution in [-0.2, 0) is 14.8 Å². The maximum absolute atomic E-state index is 13.2. The Hall–Kier alpha value is -2.05. The van der Waals surface area contributed by atoms with Gasteiger partial charge in [0.25, 0.3) is 10.0 Å². The number of halogens is 1. The number of amides is 1. The number of nitrogens with zero attached hydrogens (tertiary/aromatic N) is 1. The number of hydrogen-bond donors (Lipinski definition) is 1. The third kappa shape index (κ3) is 4.77. The summed E-state index contributed by atoms with van der Waals surface area (Å²) in [6.07, 6.45) is 0.761. The maximum Gasteiger partial charge on any atom is 0.264 e. The van der Waals surface area contributed by atoms with Crippen LogP contribution in [0.3, 0.4) is 0 Å². The van der Waals surface area contributed by atoms with Gasteiger partial charge < -0.3 is 5.32 Å². The van der Waals surface area contributed by atoms with Gasteiger partial charge in [0.2, 0.25) is 5.91 Å². The van der Waals surface area contributed by atoms with Gasteiger partial charge in [-0.05, 0) is 56.2 Å². The molecule has 2 aromatic carbocycles. The highest BCUT2D eigenvalue weighted by atomic mass is 35.5. The molecular weight excluding hydrogens is 372 g/mol. The molecule has 0 fully saturated rings. The Morgan fingerprint density at radius 3 is 2.42 bits per heavy atom. The van der Waals surface area contributed by atoms with Crippen molar-refractivity contribution in [2.75, 3.05) is 10.8 Å². The molecule has 0 saturated heterocycles. The molecule has 0 aliphatic rings. The van der Waals surface area contributed by atoms with Crippen molar-refractivity contribution in [3.8, 4) is 0 Å². The third-order valence-corrected chi connectivity index (χ3v) is 6.07. The van der Waals surface area contributed by atoms with Crippen molar-refractivity contribution in [1.82, 2.24) is 5.32 Å². The van der Waals surface area contributed by atoms with Crippen LogP contribution < -0.4 is 9.62 Å². The number of carbonyl (C=O) groups excluding carboxylic acids is 1. The summed E-state index contributed by atoms with van der Waals surface area (Å²) in [6.45, 7) is 5.29. The van der Waals surface area contributed by atoms with E-state index in [0.29, 0.717) is 16.3 Å². The fourth-order valence-electron chi connectivity index (χ4n) is 2.47. The zero-order valence-electron chi connectivity index (χ0n) is 15.1. The highest BCUT2D eigenvalue weighted by Crippen LogP contribution is 2.28. The minimum Gasteiger partial charge on any atom is -0.352 e. The van der Waals surface area contributed by atoms with Crippen molar-refractivity contribution in [1.29, 1.82) is 0 Å². The number of nitrogens with one attached hydrogen (secondary N) is 1. The van der Waals surface area contributed by atoms with Gasteiger partial charge in [-0.3, -0.25) is 9.10 Å². The summed E-state index contributed by atoms with van der Waals surface area (Å²) in [5.41, 5.74) is 1.10. The predicted octanol–water partition coefficient (Wildman–Crippen LogP) is 3.76. The first kappa shape index (κ1) is 20.3. The number of benzene rings is 2. The van der Waals surface area contributed by atoms with Crippen LogP contribution in [0.15, 0.2) is 53.4 Å². The Balaban J connectivity index is 2.47. The molecule has 0 aromatic heterocycles. The average Bonchev–Trinajstić information content (AvgIpc) is 2.60. The molecule has 26 heavy (non-hydrogen) atoms. The van der Waals surface area contributed by atoms with E-state index < -0.39 is 10.0 Å². The lowest BCUT2D eigenvalue weighted by Gasteiger charge is -2.26. The van der Waals surface area contributed by atoms with E-state index in [9.17, 15) is 13.2 Å². The van der Waals surface area contributed by atoms with Gasteiger partial charge in [-0.2, -0.15) is 0 Å². The smallest absolute Gasteiger partial charge is 0.264 e. The van der Waals surface area contributed by atoms with Crippen LogP contribution in [-0.4, -0.2) is 26.9 Å². The van der Waals surface area contributed by atoms with Crippen molar-refractivity contribution >= 4 is 33.2 Å². The van der Waals surface area contributed by atoms with E-state index in [1.165, 1.54) is 12.1 Å². The molecule has 0 heterocycles. The average molecular weight is 395 g/mol. The minimum atomic E-state index is -3.90. The van der Waals surface area contributed by atoms with Crippen molar-refractivity contribution in [2.45, 2.75) is 38.1 Å². The highest BCUT2D eigenvalue weighted by Gasteiger charge is 2.28. The van der Waals surface area contributed by atoms with Crippen molar-refractivity contribution in [3.05, 3.63) is 59.1 Å². The summed E-state index contributed by atoms with van der Waals surface area (Å²) in [5.74, 6) is -0.354. The van der Waals surface area contributed by atoms with Gasteiger partial charge in [0.1, 0.15) is 6.54 Å². The maximum atomic E-state index is 13.2. The van der Waals surface area contributed by atoms with E-state index in [1.807, 2.05) is 13.8 Å². The molecule has 2 rings (SSSR count). The second-order valence-electron chi connectivity index (χ2n) is 6.13. The van der Waals surface area contributed by atoms with Gasteiger partial charge in [-0.15, -0.1) is 0 Å². The highest BCUT2D eigenvalue weighted by molar-refractivity contribution is 7.92. The van der Waals surface area contributed by atoms with E-state index in [-0.39, 0.29) is 23.4 Å². The van der Waals surface area contributed by atoms with Crippen LogP contribution >= 0.6 is 11.6 Å². The number of rotatable bonds is 7. The molecule has 0 aliphatic carbocycles. The minimum absolute atomic E-state index is 0.0323. The first-order valence-corrected chi connectivity index (χ1v) is 10.2. The topological polar surface area (TPSA) is 66.5 Å². The van der Waals surface area contributed by atoms with Gasteiger partial charge in [-0.1, -0.05) is 36.7 Å². The summed E-state index contributed by atoms with van der Waals surface area (Å²) in [4.78, 5) is 12.5. The molecule has 5 nitrogen and oxygen atoms in total. The Kier molecular flexibility index (Phi) is 6.67. The van der Waals surface area contributed by atoms with Gasteiger partial charge in [0, 0.05) is 11.1 Å². The molecule has 2 aromatic rings. The molecule has 0 bridgehead atoms. The predicted molar refractivity (Wildman–Crippen MR) is 105 cm³/mol. The Morgan fingerprint density at radius 1 is 1.19 bits per heavy atom. The summed E-state index contributed by atoms with van der Waals surface area (Å²) < 4.78 is 27.5. The van der Waals surface area contributed by atoms with E-state index >= 15 is 0 Å². The Bertz CT molecular complexity index is 870. The van der Waals surface area contributed by atoms with Crippen LogP contribution in [0, 0.1) is 6.92 Å². The molecule has 0 spiro atoms. The lowest BCUT2D eigenvalue weighted by atomic mass is 10.2. The third-order valence-electron chi connectivity index (χ3n) is 4.07. The molecular formula is C19H23ClN2O3S. The van der Waals surface area contributed by atoms with E-state index in [4.69, 9.17) is 11.6 Å². The van der Waals surface area contributed by atoms with Crippen molar-refractivity contribution in [2.24, 2.45) is 0 Å². The van der Waals surface area contributed by atoms with Crippen molar-refractivity contribution in [3.63, 3.8) is 0 Å². The van der Waals surface area contributed by atoms with Crippen molar-refractivity contribution < 1.29 is 13.2 Å². The molecule has 1 amide bonds. The quantitative estimate of drug-likeness (QED) is 0.777. The SMILES string of the molecule is CCC(C)NC(=O)CN(c1ccc(Cl)cc1C)S(=O)(=O)c1ccccc1. The van der Waals surface area contributed by atoms with Crippen LogP contribution in [0.1, 0.15) is 25.8 Å². The first-order valence-electron chi connectivity index (χ1n) is 8.39. The molecule has 1 atom stereocenters. The van der Waals surface area contributed by atoms with Gasteiger partial charge in [0.15, 0.2) is 0 Å². The summed E-state index contributed by atoms with van der Waals surface area (Å²) in [5, 5.41) is 3.32. The molecule has 7 heteroatoms. The number of hydrogen-bond acceptors (Lipinski definition) is 3. The van der Waals surface area contributed by atoms with Crippen LogP contribution in [0.25, 0.3) is 0 Å². The zero-order chi connectivity index (χ0) is 19.3. The van der Waals surface area contributed by atoms with E-state index in [2.05, 4.69) is 5.32 Å². The number of anilines is 1. The Labute approximate surface area is 160 Å². The molecule has 1 unspecified atom stereocenters. The number of aryl methyl sites for hydroxylation is 1. The molecule has 1 N–H and O–H groups in total. The van der Waals surface area contributed by atoms with E-state index in [0.717, 1.165) is 10.7 Å². The normalized spacial score (nSPS) is 12.5. The first-order chi connectivity index (χ1) is 12.3. The molecule has 0 radical (unpaired) electrons. The van der Waals surface area contributed by atoms with Gasteiger partial charge >= 0.3 is 0 Å². The standard InChI is InChI=1S/C19H23ClN2O3S/c1-4-15(3)21-19(23)13-22(18-11-10-16(20)12-14(18)2)26(24,25)17-8-6-5-7-9-17/h5-12,15H,4,13H2,1-3H3,(H,21,23). The second kappa shape index (κ2) is 8.56. The fraction of sp³-hybridized carbons (Fsp3) is 0.316. The molecule has 140 valence electrons. The zero-order valence-corrected chi connectivity index (χ0v) is 16.6. The summed E-state index contributed by atoms with van der Waals surface area (Å²) >= 11 is 6.00. The van der Waals surface area contributed by atoms with E-state index in [1.54, 1.807) is 43.3 Å². The van der Waals surface area contributed by atoms with Crippen LogP contribution in [0.2, 0.25) is 5.02 Å². The molecule has 0 aliphatic heterocycles. The van der Waals surface area contributed by atoms with Gasteiger partial charge in [0.05, 0.1) is 10.6 Å². The van der Waals surface area contributed by atoms with Crippen LogP contribution in [0.5, 0.6) is 0 Å². The number of sulfonamides is 1. The lowest BCUT2D eigenvalue weighted by Crippen LogP contribution is -2.43. The largest absolute Gasteiger partial charge is 0.352 e. The molecule has 0 saturated carbocycles. The second-order valence-corrected chi connectivity index (χ2v) is 8.43. The monoisotopic (exact) mass is 394 g/mol. The summed E-state index contributed by atoms with van der Waals surface area (Å²) in [6, 6.07) is 13.0. The Morgan fingerprint density at radius 2 is 1.85 bits per heavy atom. The van der Waals surface area contributed by atoms with Crippen LogP contribution in [0.4, 0.5) is 5.69 Å². The lowest BCUT2D eigenvalue weighted by molar-refractivity contribution is -0.120. The van der Waals surface area contributed by atoms with Gasteiger partial charge in [-0.25, -0.2) is 8.42 Å². The fourth-order valence-corrected chi connectivity index (χ4v) is 4.20. The number of carbonyl (C=O) groups is 1. The summed E-state index contributed by atoms with van der Waals surface area (Å²) in [7, 11) is -3.90.